The number of likely N-dealkylation sites (N-methyl/N-ethyl adjacent to an activating group) is 1. The molecule has 2 atom stereocenters. The average molecular weight is 294 g/mol. The van der Waals surface area contributed by atoms with Gasteiger partial charge in [0, 0.05) is 6.04 Å². The third kappa shape index (κ3) is 3.50. The highest BCUT2D eigenvalue weighted by Gasteiger charge is 2.33. The highest BCUT2D eigenvalue weighted by atomic mass is 16.5. The Morgan fingerprint density at radius 1 is 1.38 bits per heavy atom. The molecule has 1 aliphatic heterocycles. The van der Waals surface area contributed by atoms with Crippen LogP contribution in [0.3, 0.4) is 0 Å². The van der Waals surface area contributed by atoms with Gasteiger partial charge >= 0.3 is 5.97 Å². The summed E-state index contributed by atoms with van der Waals surface area (Å²) in [6, 6.07) is 3.66. The second-order valence-corrected chi connectivity index (χ2v) is 4.83. The van der Waals surface area contributed by atoms with E-state index in [1.807, 2.05) is 6.92 Å². The Kier molecular flexibility index (Phi) is 4.77. The molecule has 1 aromatic rings. The number of carbonyl (C=O) groups is 2. The number of phenolic OH excluding ortho intramolecular Hbond substituents is 1. The fraction of sp³-hybridized carbons (Fsp3) is 0.429. The van der Waals surface area contributed by atoms with Crippen molar-refractivity contribution in [1.29, 1.82) is 0 Å². The first-order chi connectivity index (χ1) is 10.0. The van der Waals surface area contributed by atoms with Gasteiger partial charge in [-0.2, -0.15) is 0 Å². The normalized spacial score (nSPS) is 21.2. The molecule has 1 aliphatic rings. The molecular formula is C14H18N2O5. The number of benzene rings is 1. The lowest BCUT2D eigenvalue weighted by Gasteiger charge is -2.18. The number of aromatic hydroxyl groups is 1. The first-order valence-electron chi connectivity index (χ1n) is 6.71. The lowest BCUT2D eigenvalue weighted by atomic mass is 10.0. The van der Waals surface area contributed by atoms with E-state index in [1.165, 1.54) is 18.2 Å². The number of phenols is 1. The van der Waals surface area contributed by atoms with Crippen molar-refractivity contribution in [2.75, 3.05) is 25.1 Å². The van der Waals surface area contributed by atoms with Gasteiger partial charge in [0.25, 0.3) is 0 Å². The van der Waals surface area contributed by atoms with Crippen molar-refractivity contribution in [2.45, 2.75) is 13.0 Å². The zero-order valence-electron chi connectivity index (χ0n) is 11.6. The maximum atomic E-state index is 12.2. The SMILES string of the molecule is CCNC1COCC1C(=O)Nc1cc(C(=O)O)ccc1O. The average Bonchev–Trinajstić information content (AvgIpc) is 2.89. The highest BCUT2D eigenvalue weighted by molar-refractivity contribution is 5.97. The molecule has 0 bridgehead atoms. The zero-order chi connectivity index (χ0) is 15.4. The first-order valence-corrected chi connectivity index (χ1v) is 6.71. The lowest BCUT2D eigenvalue weighted by Crippen LogP contribution is -2.41. The van der Waals surface area contributed by atoms with Crippen molar-refractivity contribution < 1.29 is 24.5 Å². The van der Waals surface area contributed by atoms with Crippen LogP contribution in [0.1, 0.15) is 17.3 Å². The number of carboxylic acids is 1. The van der Waals surface area contributed by atoms with E-state index >= 15 is 0 Å². The van der Waals surface area contributed by atoms with Crippen molar-refractivity contribution in [1.82, 2.24) is 5.32 Å². The van der Waals surface area contributed by atoms with Crippen LogP contribution < -0.4 is 10.6 Å². The molecule has 4 N–H and O–H groups in total. The van der Waals surface area contributed by atoms with Crippen LogP contribution in [0.15, 0.2) is 18.2 Å². The lowest BCUT2D eigenvalue weighted by molar-refractivity contribution is -0.120. The van der Waals surface area contributed by atoms with E-state index in [1.54, 1.807) is 0 Å². The largest absolute Gasteiger partial charge is 0.506 e. The van der Waals surface area contributed by atoms with Crippen molar-refractivity contribution in [3.8, 4) is 5.75 Å². The fourth-order valence-corrected chi connectivity index (χ4v) is 2.27. The minimum absolute atomic E-state index is 0.00555. The summed E-state index contributed by atoms with van der Waals surface area (Å²) in [6.45, 7) is 3.41. The van der Waals surface area contributed by atoms with Gasteiger partial charge in [-0.3, -0.25) is 4.79 Å². The summed E-state index contributed by atoms with van der Waals surface area (Å²) in [5.41, 5.74) is 0.0797. The Morgan fingerprint density at radius 2 is 2.14 bits per heavy atom. The van der Waals surface area contributed by atoms with Crippen LogP contribution in [-0.2, 0) is 9.53 Å². The first kappa shape index (κ1) is 15.3. The molecule has 0 radical (unpaired) electrons. The molecule has 7 nitrogen and oxygen atoms in total. The molecule has 0 aromatic heterocycles. The van der Waals surface area contributed by atoms with Gasteiger partial charge < -0.3 is 25.6 Å². The number of anilines is 1. The Labute approximate surface area is 121 Å². The number of ether oxygens (including phenoxy) is 1. The summed E-state index contributed by atoms with van der Waals surface area (Å²) < 4.78 is 5.29. The molecule has 1 heterocycles. The van der Waals surface area contributed by atoms with Crippen molar-refractivity contribution in [3.05, 3.63) is 23.8 Å². The number of carbonyl (C=O) groups excluding carboxylic acids is 1. The summed E-state index contributed by atoms with van der Waals surface area (Å²) in [7, 11) is 0. The standard InChI is InChI=1S/C14H18N2O5/c1-2-15-11-7-21-6-9(11)13(18)16-10-5-8(14(19)20)3-4-12(10)17/h3-5,9,11,15,17H,2,6-7H2,1H3,(H,16,18)(H,19,20). The molecule has 0 saturated carbocycles. The van der Waals surface area contributed by atoms with E-state index in [2.05, 4.69) is 10.6 Å². The Hall–Kier alpha value is -2.12. The number of rotatable bonds is 5. The maximum Gasteiger partial charge on any atom is 0.335 e. The molecule has 114 valence electrons. The maximum absolute atomic E-state index is 12.2. The van der Waals surface area contributed by atoms with Crippen molar-refractivity contribution in [2.24, 2.45) is 5.92 Å². The minimum Gasteiger partial charge on any atom is -0.506 e. The predicted octanol–water partition coefficient (Wildman–Crippen LogP) is 0.653. The van der Waals surface area contributed by atoms with Crippen LogP contribution in [0, 0.1) is 5.92 Å². The van der Waals surface area contributed by atoms with Gasteiger partial charge in [-0.05, 0) is 24.7 Å². The van der Waals surface area contributed by atoms with Crippen LogP contribution in [0.25, 0.3) is 0 Å². The van der Waals surface area contributed by atoms with Crippen LogP contribution >= 0.6 is 0 Å². The van der Waals surface area contributed by atoms with Crippen LogP contribution in [0.4, 0.5) is 5.69 Å². The van der Waals surface area contributed by atoms with E-state index < -0.39 is 5.97 Å². The number of carboxylic acid groups (broad SMARTS) is 1. The highest BCUT2D eigenvalue weighted by Crippen LogP contribution is 2.26. The van der Waals surface area contributed by atoms with E-state index in [0.717, 1.165) is 6.54 Å². The Morgan fingerprint density at radius 3 is 2.81 bits per heavy atom. The van der Waals surface area contributed by atoms with Gasteiger partial charge in [0.1, 0.15) is 5.75 Å². The van der Waals surface area contributed by atoms with Gasteiger partial charge in [-0.25, -0.2) is 4.79 Å². The van der Waals surface area contributed by atoms with Gasteiger partial charge in [-0.15, -0.1) is 0 Å². The molecule has 1 fully saturated rings. The molecule has 1 amide bonds. The quantitative estimate of drug-likeness (QED) is 0.594. The van der Waals surface area contributed by atoms with E-state index in [0.29, 0.717) is 13.2 Å². The summed E-state index contributed by atoms with van der Waals surface area (Å²) >= 11 is 0. The molecular weight excluding hydrogens is 276 g/mol. The van der Waals surface area contributed by atoms with E-state index in [4.69, 9.17) is 9.84 Å². The Balaban J connectivity index is 2.12. The van der Waals surface area contributed by atoms with Gasteiger partial charge in [0.2, 0.25) is 5.91 Å². The molecule has 7 heteroatoms. The molecule has 2 unspecified atom stereocenters. The topological polar surface area (TPSA) is 108 Å². The second kappa shape index (κ2) is 6.55. The van der Waals surface area contributed by atoms with Crippen LogP contribution in [0.5, 0.6) is 5.75 Å². The number of aromatic carboxylic acids is 1. The molecule has 1 aromatic carbocycles. The molecule has 2 rings (SSSR count). The fourth-order valence-electron chi connectivity index (χ4n) is 2.27. The second-order valence-electron chi connectivity index (χ2n) is 4.83. The molecule has 0 aliphatic carbocycles. The number of hydrogen-bond acceptors (Lipinski definition) is 5. The number of nitrogens with one attached hydrogen (secondary N) is 2. The van der Waals surface area contributed by atoms with Gasteiger partial charge in [0.05, 0.1) is 30.4 Å². The summed E-state index contributed by atoms with van der Waals surface area (Å²) in [5.74, 6) is -1.98. The number of hydrogen-bond donors (Lipinski definition) is 4. The number of amides is 1. The Bertz CT molecular complexity index is 546. The summed E-state index contributed by atoms with van der Waals surface area (Å²) in [4.78, 5) is 23.2. The predicted molar refractivity (Wildman–Crippen MR) is 75.5 cm³/mol. The van der Waals surface area contributed by atoms with Gasteiger partial charge in [0.15, 0.2) is 0 Å². The third-order valence-corrected chi connectivity index (χ3v) is 3.38. The zero-order valence-corrected chi connectivity index (χ0v) is 11.6. The third-order valence-electron chi connectivity index (χ3n) is 3.38. The van der Waals surface area contributed by atoms with Crippen LogP contribution in [-0.4, -0.2) is 47.9 Å². The van der Waals surface area contributed by atoms with Gasteiger partial charge in [-0.1, -0.05) is 6.92 Å². The van der Waals surface area contributed by atoms with E-state index in [-0.39, 0.29) is 34.9 Å². The molecule has 1 saturated heterocycles. The molecule has 21 heavy (non-hydrogen) atoms. The summed E-state index contributed by atoms with van der Waals surface area (Å²) in [6.07, 6.45) is 0. The minimum atomic E-state index is -1.12. The monoisotopic (exact) mass is 294 g/mol. The van der Waals surface area contributed by atoms with E-state index in [9.17, 15) is 14.7 Å². The molecule has 0 spiro atoms. The van der Waals surface area contributed by atoms with Crippen LogP contribution in [0.2, 0.25) is 0 Å². The van der Waals surface area contributed by atoms with Crippen molar-refractivity contribution >= 4 is 17.6 Å². The van der Waals surface area contributed by atoms with Crippen molar-refractivity contribution in [3.63, 3.8) is 0 Å². The summed E-state index contributed by atoms with van der Waals surface area (Å²) in [5, 5.41) is 24.4. The smallest absolute Gasteiger partial charge is 0.335 e.